The second kappa shape index (κ2) is 7.07. The Morgan fingerprint density at radius 2 is 1.93 bits per heavy atom. The first-order valence-electron chi connectivity index (χ1n) is 10.6. The van der Waals surface area contributed by atoms with Gasteiger partial charge < -0.3 is 14.4 Å². The van der Waals surface area contributed by atoms with Gasteiger partial charge in [0.1, 0.15) is 11.9 Å². The summed E-state index contributed by atoms with van der Waals surface area (Å²) in [6.45, 7) is 5.05. The molecule has 4 aliphatic heterocycles. The van der Waals surface area contributed by atoms with E-state index in [1.165, 1.54) is 12.8 Å². The Balaban J connectivity index is 1.21. The number of benzene rings is 1. The molecule has 6 nitrogen and oxygen atoms in total. The highest BCUT2D eigenvalue weighted by Crippen LogP contribution is 2.43. The van der Waals surface area contributed by atoms with E-state index in [9.17, 15) is 9.59 Å². The van der Waals surface area contributed by atoms with Crippen LogP contribution in [0.1, 0.15) is 48.0 Å². The predicted octanol–water partition coefficient (Wildman–Crippen LogP) is 2.26. The van der Waals surface area contributed by atoms with Crippen molar-refractivity contribution >= 4 is 11.9 Å². The third-order valence-corrected chi connectivity index (χ3v) is 6.93. The van der Waals surface area contributed by atoms with Gasteiger partial charge >= 0.3 is 5.97 Å². The monoisotopic (exact) mass is 384 g/mol. The van der Waals surface area contributed by atoms with Crippen molar-refractivity contribution in [2.24, 2.45) is 5.41 Å². The average Bonchev–Trinajstić information content (AvgIpc) is 3.43. The fourth-order valence-electron chi connectivity index (χ4n) is 5.24. The smallest absolute Gasteiger partial charge is 0.312 e. The normalized spacial score (nSPS) is 26.4. The van der Waals surface area contributed by atoms with E-state index >= 15 is 0 Å². The van der Waals surface area contributed by atoms with E-state index in [0.29, 0.717) is 32.5 Å². The summed E-state index contributed by atoms with van der Waals surface area (Å²) in [5.74, 6) is 0.912. The highest BCUT2D eigenvalue weighted by molar-refractivity contribution is 5.95. The second-order valence-corrected chi connectivity index (χ2v) is 8.73. The molecule has 1 spiro atoms. The van der Waals surface area contributed by atoms with Crippen LogP contribution >= 0.6 is 0 Å². The van der Waals surface area contributed by atoms with Crippen molar-refractivity contribution in [3.8, 4) is 5.75 Å². The lowest BCUT2D eigenvalue weighted by Crippen LogP contribution is -2.45. The molecule has 4 heterocycles. The van der Waals surface area contributed by atoms with Crippen molar-refractivity contribution in [1.82, 2.24) is 9.80 Å². The van der Waals surface area contributed by atoms with Gasteiger partial charge in [-0.3, -0.25) is 14.5 Å². The minimum absolute atomic E-state index is 0.0181. The van der Waals surface area contributed by atoms with Gasteiger partial charge in [0, 0.05) is 38.0 Å². The highest BCUT2D eigenvalue weighted by atomic mass is 16.6. The molecular weight excluding hydrogens is 356 g/mol. The van der Waals surface area contributed by atoms with Crippen LogP contribution in [0.4, 0.5) is 0 Å². The number of rotatable bonds is 3. The number of carbonyl (C=O) groups excluding carboxylic acids is 2. The van der Waals surface area contributed by atoms with Crippen LogP contribution in [0.5, 0.6) is 5.75 Å². The fraction of sp³-hybridized carbons (Fsp3) is 0.636. The van der Waals surface area contributed by atoms with E-state index in [0.717, 1.165) is 49.4 Å². The standard InChI is InChI=1S/C22H28N2O4/c25-20(17-3-4-19-16(13-17)5-12-27-19)24-10-6-22(7-11-24)14-18(28-21(22)26)15-23-8-1-2-9-23/h3-4,13,18H,1-2,5-12,14-15H2. The van der Waals surface area contributed by atoms with Crippen LogP contribution in [-0.4, -0.2) is 67.1 Å². The maximum absolute atomic E-state index is 12.9. The lowest BCUT2D eigenvalue weighted by molar-refractivity contribution is -0.150. The number of hydrogen-bond donors (Lipinski definition) is 0. The van der Waals surface area contributed by atoms with Crippen LogP contribution in [0.3, 0.4) is 0 Å². The molecule has 5 rings (SSSR count). The molecule has 3 saturated heterocycles. The molecule has 1 aromatic rings. The van der Waals surface area contributed by atoms with Crippen molar-refractivity contribution < 1.29 is 19.1 Å². The van der Waals surface area contributed by atoms with Crippen molar-refractivity contribution in [1.29, 1.82) is 0 Å². The van der Waals surface area contributed by atoms with Gasteiger partial charge in [-0.25, -0.2) is 0 Å². The SMILES string of the molecule is O=C(c1ccc2c(c1)CCO2)N1CCC2(CC1)CC(CN1CCCC1)OC2=O. The van der Waals surface area contributed by atoms with Gasteiger partial charge in [-0.1, -0.05) is 0 Å². The van der Waals surface area contributed by atoms with E-state index in [1.807, 2.05) is 23.1 Å². The molecule has 1 atom stereocenters. The summed E-state index contributed by atoms with van der Waals surface area (Å²) in [4.78, 5) is 29.9. The number of likely N-dealkylation sites (tertiary alicyclic amines) is 2. The minimum Gasteiger partial charge on any atom is -0.493 e. The molecule has 0 radical (unpaired) electrons. The van der Waals surface area contributed by atoms with Crippen molar-refractivity contribution in [2.75, 3.05) is 39.3 Å². The first kappa shape index (κ1) is 18.0. The number of amides is 1. The summed E-state index contributed by atoms with van der Waals surface area (Å²) in [5.41, 5.74) is 1.46. The molecule has 1 amide bonds. The zero-order chi connectivity index (χ0) is 19.1. The zero-order valence-electron chi connectivity index (χ0n) is 16.3. The first-order chi connectivity index (χ1) is 13.6. The molecule has 6 heteroatoms. The summed E-state index contributed by atoms with van der Waals surface area (Å²) in [6.07, 6.45) is 5.61. The number of nitrogens with zero attached hydrogens (tertiary/aromatic N) is 2. The number of cyclic esters (lactones) is 1. The number of esters is 1. The number of fused-ring (bicyclic) bond motifs is 1. The van der Waals surface area contributed by atoms with Gasteiger partial charge in [0.05, 0.1) is 12.0 Å². The van der Waals surface area contributed by atoms with Crippen molar-refractivity contribution in [2.45, 2.75) is 44.6 Å². The van der Waals surface area contributed by atoms with Crippen LogP contribution in [0.15, 0.2) is 18.2 Å². The van der Waals surface area contributed by atoms with Gasteiger partial charge in [0.15, 0.2) is 0 Å². The first-order valence-corrected chi connectivity index (χ1v) is 10.6. The number of ether oxygens (including phenoxy) is 2. The van der Waals surface area contributed by atoms with Crippen LogP contribution < -0.4 is 4.74 Å². The third kappa shape index (κ3) is 3.17. The molecule has 28 heavy (non-hydrogen) atoms. The summed E-state index contributed by atoms with van der Waals surface area (Å²) >= 11 is 0. The second-order valence-electron chi connectivity index (χ2n) is 8.73. The minimum atomic E-state index is -0.382. The Morgan fingerprint density at radius 3 is 2.71 bits per heavy atom. The maximum Gasteiger partial charge on any atom is 0.312 e. The lowest BCUT2D eigenvalue weighted by Gasteiger charge is -2.36. The summed E-state index contributed by atoms with van der Waals surface area (Å²) < 4.78 is 11.3. The topological polar surface area (TPSA) is 59.1 Å². The maximum atomic E-state index is 12.9. The Labute approximate surface area is 165 Å². The van der Waals surface area contributed by atoms with E-state index < -0.39 is 0 Å². The Kier molecular flexibility index (Phi) is 4.54. The Morgan fingerprint density at radius 1 is 1.14 bits per heavy atom. The van der Waals surface area contributed by atoms with Crippen LogP contribution in [0, 0.1) is 5.41 Å². The number of piperidine rings is 1. The van der Waals surface area contributed by atoms with Gasteiger partial charge in [0.2, 0.25) is 0 Å². The molecule has 0 saturated carbocycles. The van der Waals surface area contributed by atoms with Crippen molar-refractivity contribution in [3.05, 3.63) is 29.3 Å². The summed E-state index contributed by atoms with van der Waals surface area (Å²) in [6, 6.07) is 5.72. The largest absolute Gasteiger partial charge is 0.493 e. The molecular formula is C22H28N2O4. The molecule has 0 N–H and O–H groups in total. The molecule has 0 bridgehead atoms. The quantitative estimate of drug-likeness (QED) is 0.748. The fourth-order valence-corrected chi connectivity index (χ4v) is 5.24. The van der Waals surface area contributed by atoms with Crippen LogP contribution in [-0.2, 0) is 16.0 Å². The van der Waals surface area contributed by atoms with Gasteiger partial charge in [0.25, 0.3) is 5.91 Å². The molecule has 1 unspecified atom stereocenters. The number of hydrogen-bond acceptors (Lipinski definition) is 5. The molecule has 0 aromatic heterocycles. The molecule has 4 aliphatic rings. The molecule has 1 aromatic carbocycles. The lowest BCUT2D eigenvalue weighted by atomic mass is 9.76. The molecule has 150 valence electrons. The third-order valence-electron chi connectivity index (χ3n) is 6.93. The van der Waals surface area contributed by atoms with E-state index in [4.69, 9.17) is 9.47 Å². The number of carbonyl (C=O) groups is 2. The van der Waals surface area contributed by atoms with Crippen molar-refractivity contribution in [3.63, 3.8) is 0 Å². The average molecular weight is 384 g/mol. The van der Waals surface area contributed by atoms with Gasteiger partial charge in [-0.2, -0.15) is 0 Å². The van der Waals surface area contributed by atoms with E-state index in [2.05, 4.69) is 4.90 Å². The zero-order valence-corrected chi connectivity index (χ0v) is 16.3. The Hall–Kier alpha value is -2.08. The van der Waals surface area contributed by atoms with Gasteiger partial charge in [-0.05, 0) is 62.5 Å². The van der Waals surface area contributed by atoms with Gasteiger partial charge in [-0.15, -0.1) is 0 Å². The highest BCUT2D eigenvalue weighted by Gasteiger charge is 2.51. The predicted molar refractivity (Wildman–Crippen MR) is 103 cm³/mol. The summed E-state index contributed by atoms with van der Waals surface area (Å²) in [5, 5.41) is 0. The Bertz CT molecular complexity index is 779. The van der Waals surface area contributed by atoms with Crippen LogP contribution in [0.2, 0.25) is 0 Å². The van der Waals surface area contributed by atoms with E-state index in [-0.39, 0.29) is 23.4 Å². The van der Waals surface area contributed by atoms with E-state index in [1.54, 1.807) is 0 Å². The van der Waals surface area contributed by atoms with Crippen LogP contribution in [0.25, 0.3) is 0 Å². The molecule has 3 fully saturated rings. The molecule has 0 aliphatic carbocycles. The summed E-state index contributed by atoms with van der Waals surface area (Å²) in [7, 11) is 0.